The molecule has 11 heteroatoms. The van der Waals surface area contributed by atoms with Crippen molar-refractivity contribution in [2.45, 2.75) is 26.9 Å². The minimum absolute atomic E-state index is 0.0448. The van der Waals surface area contributed by atoms with Gasteiger partial charge in [0.2, 0.25) is 0 Å². The van der Waals surface area contributed by atoms with Gasteiger partial charge >= 0.3 is 6.03 Å². The second-order valence-electron chi connectivity index (χ2n) is 7.55. The molecule has 0 atom stereocenters. The molecule has 0 spiro atoms. The van der Waals surface area contributed by atoms with Crippen molar-refractivity contribution < 1.29 is 33.3 Å². The molecule has 1 saturated heterocycles. The number of urea groups is 1. The summed E-state index contributed by atoms with van der Waals surface area (Å²) in [6.45, 7) is 5.83. The van der Waals surface area contributed by atoms with Crippen molar-refractivity contribution >= 4 is 52.8 Å². The Morgan fingerprint density at radius 3 is 2.26 bits per heavy atom. The predicted molar refractivity (Wildman–Crippen MR) is 132 cm³/mol. The topological polar surface area (TPSA) is 103 Å². The van der Waals surface area contributed by atoms with E-state index in [1.165, 1.54) is 38.5 Å². The van der Waals surface area contributed by atoms with Crippen LogP contribution in [-0.4, -0.2) is 44.8 Å². The Morgan fingerprint density at radius 2 is 1.66 bits per heavy atom. The van der Waals surface area contributed by atoms with E-state index >= 15 is 0 Å². The van der Waals surface area contributed by atoms with Crippen molar-refractivity contribution in [1.82, 2.24) is 5.32 Å². The molecule has 0 aromatic heterocycles. The molecule has 9 nitrogen and oxygen atoms in total. The number of halogens is 2. The van der Waals surface area contributed by atoms with Crippen molar-refractivity contribution in [2.24, 2.45) is 0 Å². The van der Waals surface area contributed by atoms with Gasteiger partial charge in [0, 0.05) is 12.1 Å². The standard InChI is InChI=1S/C24H24Cl2N2O7/c1-6-34-20-9-13(8-16(26)21(20)35-12(2)3)7-14-22(29)27-24(31)28(23(14)30)17-11-18(32-4)15(25)10-19(17)33-5/h7-12H,6H2,1-5H3,(H,27,29,31)/b14-7+. The minimum Gasteiger partial charge on any atom is -0.495 e. The molecule has 0 bridgehead atoms. The van der Waals surface area contributed by atoms with Gasteiger partial charge in [-0.05, 0) is 44.5 Å². The number of barbiturate groups is 1. The molecule has 0 unspecified atom stereocenters. The fraction of sp³-hybridized carbons (Fsp3) is 0.292. The third-order valence-electron chi connectivity index (χ3n) is 4.79. The molecule has 2 aromatic carbocycles. The lowest BCUT2D eigenvalue weighted by Crippen LogP contribution is -2.54. The van der Waals surface area contributed by atoms with E-state index in [4.69, 9.17) is 42.1 Å². The third kappa shape index (κ3) is 5.47. The fourth-order valence-corrected chi connectivity index (χ4v) is 3.84. The van der Waals surface area contributed by atoms with E-state index in [0.717, 1.165) is 4.90 Å². The molecule has 3 rings (SSSR count). The maximum Gasteiger partial charge on any atom is 0.336 e. The Balaban J connectivity index is 2.10. The van der Waals surface area contributed by atoms with Crippen LogP contribution >= 0.6 is 23.2 Å². The number of ether oxygens (including phenoxy) is 4. The van der Waals surface area contributed by atoms with Crippen LogP contribution in [0.5, 0.6) is 23.0 Å². The normalized spacial score (nSPS) is 14.9. The first kappa shape index (κ1) is 26.2. The zero-order valence-electron chi connectivity index (χ0n) is 19.7. The highest BCUT2D eigenvalue weighted by Gasteiger charge is 2.38. The van der Waals surface area contributed by atoms with E-state index in [-0.39, 0.29) is 38.9 Å². The van der Waals surface area contributed by atoms with E-state index < -0.39 is 17.8 Å². The Kier molecular flexibility index (Phi) is 8.14. The number of methoxy groups -OCH3 is 2. The van der Waals surface area contributed by atoms with E-state index in [9.17, 15) is 14.4 Å². The average Bonchev–Trinajstić information content (AvgIpc) is 2.79. The van der Waals surface area contributed by atoms with Gasteiger partial charge in [-0.2, -0.15) is 0 Å². The maximum absolute atomic E-state index is 13.4. The number of carbonyl (C=O) groups is 3. The molecular weight excluding hydrogens is 499 g/mol. The first-order chi connectivity index (χ1) is 16.6. The quantitative estimate of drug-likeness (QED) is 0.389. The highest BCUT2D eigenvalue weighted by molar-refractivity contribution is 6.40. The summed E-state index contributed by atoms with van der Waals surface area (Å²) in [7, 11) is 2.74. The summed E-state index contributed by atoms with van der Waals surface area (Å²) < 4.78 is 21.9. The second kappa shape index (κ2) is 10.9. The number of hydrogen-bond acceptors (Lipinski definition) is 7. The van der Waals surface area contributed by atoms with Crippen LogP contribution in [0.4, 0.5) is 10.5 Å². The van der Waals surface area contributed by atoms with Crippen molar-refractivity contribution in [3.63, 3.8) is 0 Å². The first-order valence-electron chi connectivity index (χ1n) is 10.6. The highest BCUT2D eigenvalue weighted by Crippen LogP contribution is 2.40. The monoisotopic (exact) mass is 522 g/mol. The largest absolute Gasteiger partial charge is 0.495 e. The lowest BCUT2D eigenvalue weighted by molar-refractivity contribution is -0.122. The average molecular weight is 523 g/mol. The van der Waals surface area contributed by atoms with Crippen LogP contribution in [0.3, 0.4) is 0 Å². The van der Waals surface area contributed by atoms with Gasteiger partial charge in [-0.15, -0.1) is 0 Å². The molecule has 1 fully saturated rings. The summed E-state index contributed by atoms with van der Waals surface area (Å²) in [5, 5.41) is 2.61. The number of amides is 4. The molecule has 1 aliphatic heterocycles. The van der Waals surface area contributed by atoms with Gasteiger partial charge in [0.1, 0.15) is 17.1 Å². The van der Waals surface area contributed by atoms with Crippen molar-refractivity contribution in [1.29, 1.82) is 0 Å². The maximum atomic E-state index is 13.4. The molecule has 1 aliphatic rings. The minimum atomic E-state index is -0.950. The number of hydrogen-bond donors (Lipinski definition) is 1. The van der Waals surface area contributed by atoms with Crippen LogP contribution in [-0.2, 0) is 9.59 Å². The number of anilines is 1. The van der Waals surface area contributed by atoms with Gasteiger partial charge in [0.15, 0.2) is 11.5 Å². The molecular formula is C24H24Cl2N2O7. The Bertz CT molecular complexity index is 1210. The number of nitrogens with zero attached hydrogens (tertiary/aromatic N) is 1. The zero-order chi connectivity index (χ0) is 25.9. The first-order valence-corrected chi connectivity index (χ1v) is 11.3. The number of benzene rings is 2. The smallest absolute Gasteiger partial charge is 0.336 e. The van der Waals surface area contributed by atoms with Gasteiger partial charge in [-0.25, -0.2) is 9.69 Å². The van der Waals surface area contributed by atoms with Crippen molar-refractivity contribution in [3.8, 4) is 23.0 Å². The molecule has 2 aromatic rings. The lowest BCUT2D eigenvalue weighted by Gasteiger charge is -2.28. The Morgan fingerprint density at radius 1 is 0.971 bits per heavy atom. The van der Waals surface area contributed by atoms with E-state index in [1.807, 2.05) is 13.8 Å². The van der Waals surface area contributed by atoms with Gasteiger partial charge < -0.3 is 18.9 Å². The summed E-state index contributed by atoms with van der Waals surface area (Å²) in [5.41, 5.74) is 0.128. The van der Waals surface area contributed by atoms with E-state index in [1.54, 1.807) is 13.0 Å². The lowest BCUT2D eigenvalue weighted by atomic mass is 10.1. The molecule has 186 valence electrons. The van der Waals surface area contributed by atoms with Crippen LogP contribution in [0.15, 0.2) is 29.8 Å². The number of rotatable bonds is 8. The third-order valence-corrected chi connectivity index (χ3v) is 5.37. The van der Waals surface area contributed by atoms with Crippen LogP contribution in [0.1, 0.15) is 26.3 Å². The Labute approximate surface area is 212 Å². The summed E-state index contributed by atoms with van der Waals surface area (Å²) >= 11 is 12.6. The van der Waals surface area contributed by atoms with Crippen LogP contribution in [0.2, 0.25) is 10.0 Å². The van der Waals surface area contributed by atoms with Crippen molar-refractivity contribution in [2.75, 3.05) is 25.7 Å². The van der Waals surface area contributed by atoms with Gasteiger partial charge in [0.05, 0.1) is 42.7 Å². The van der Waals surface area contributed by atoms with Crippen LogP contribution < -0.4 is 29.2 Å². The molecule has 1 N–H and O–H groups in total. The molecule has 0 radical (unpaired) electrons. The second-order valence-corrected chi connectivity index (χ2v) is 8.36. The van der Waals surface area contributed by atoms with E-state index in [2.05, 4.69) is 5.32 Å². The fourth-order valence-electron chi connectivity index (χ4n) is 3.35. The van der Waals surface area contributed by atoms with Crippen molar-refractivity contribution in [3.05, 3.63) is 45.4 Å². The SMILES string of the molecule is CCOc1cc(/C=C2\C(=O)NC(=O)N(c3cc(OC)c(Cl)cc3OC)C2=O)cc(Cl)c1OC(C)C. The van der Waals surface area contributed by atoms with Crippen LogP contribution in [0, 0.1) is 0 Å². The summed E-state index contributed by atoms with van der Waals surface area (Å²) in [6, 6.07) is 4.94. The number of carbonyl (C=O) groups excluding carboxylic acids is 3. The summed E-state index contributed by atoms with van der Waals surface area (Å²) in [5.74, 6) is -0.712. The molecule has 0 saturated carbocycles. The number of imide groups is 2. The number of nitrogens with one attached hydrogen (secondary N) is 1. The molecule has 35 heavy (non-hydrogen) atoms. The predicted octanol–water partition coefficient (Wildman–Crippen LogP) is 4.86. The summed E-state index contributed by atoms with van der Waals surface area (Å²) in [6.07, 6.45) is 1.15. The summed E-state index contributed by atoms with van der Waals surface area (Å²) in [4.78, 5) is 39.4. The highest BCUT2D eigenvalue weighted by atomic mass is 35.5. The van der Waals surface area contributed by atoms with Gasteiger partial charge in [0.25, 0.3) is 11.8 Å². The molecule has 1 heterocycles. The molecule has 4 amide bonds. The van der Waals surface area contributed by atoms with Gasteiger partial charge in [-0.1, -0.05) is 23.2 Å². The van der Waals surface area contributed by atoms with Crippen LogP contribution in [0.25, 0.3) is 6.08 Å². The Hall–Kier alpha value is -3.43. The molecule has 0 aliphatic carbocycles. The zero-order valence-corrected chi connectivity index (χ0v) is 21.2. The van der Waals surface area contributed by atoms with Gasteiger partial charge in [-0.3, -0.25) is 14.9 Å². The van der Waals surface area contributed by atoms with E-state index in [0.29, 0.717) is 23.7 Å².